The van der Waals surface area contributed by atoms with E-state index in [1.54, 1.807) is 18.5 Å². The average molecular weight is 297 g/mol. The Morgan fingerprint density at radius 2 is 2.20 bits per heavy atom. The smallest absolute Gasteiger partial charge is 0.256 e. The van der Waals surface area contributed by atoms with Crippen molar-refractivity contribution in [2.24, 2.45) is 5.92 Å². The number of rotatable bonds is 7. The van der Waals surface area contributed by atoms with Crippen molar-refractivity contribution in [2.45, 2.75) is 13.8 Å². The van der Waals surface area contributed by atoms with Crippen LogP contribution in [0.2, 0.25) is 5.28 Å². The Hall–Kier alpha value is -1.73. The SMILES string of the molecule is CC(C)COCCNc1nc(Cl)nc(-n2cccn2)n1. The zero-order chi connectivity index (χ0) is 14.4. The highest BCUT2D eigenvalue weighted by atomic mass is 35.5. The molecule has 0 amide bonds. The van der Waals surface area contributed by atoms with Gasteiger partial charge in [0.2, 0.25) is 11.2 Å². The molecule has 0 fully saturated rings. The molecule has 0 unspecified atom stereocenters. The van der Waals surface area contributed by atoms with E-state index in [4.69, 9.17) is 16.3 Å². The minimum atomic E-state index is 0.121. The van der Waals surface area contributed by atoms with Crippen LogP contribution in [-0.4, -0.2) is 44.5 Å². The van der Waals surface area contributed by atoms with Crippen LogP contribution in [0.5, 0.6) is 0 Å². The van der Waals surface area contributed by atoms with Crippen LogP contribution in [0.25, 0.3) is 5.95 Å². The minimum Gasteiger partial charge on any atom is -0.379 e. The van der Waals surface area contributed by atoms with Crippen LogP contribution < -0.4 is 5.32 Å². The summed E-state index contributed by atoms with van der Waals surface area (Å²) in [6, 6.07) is 1.78. The van der Waals surface area contributed by atoms with Gasteiger partial charge in [-0.3, -0.25) is 0 Å². The third kappa shape index (κ3) is 4.43. The summed E-state index contributed by atoms with van der Waals surface area (Å²) in [6.07, 6.45) is 3.38. The van der Waals surface area contributed by atoms with E-state index in [0.717, 1.165) is 6.61 Å². The summed E-state index contributed by atoms with van der Waals surface area (Å²) in [4.78, 5) is 12.3. The summed E-state index contributed by atoms with van der Waals surface area (Å²) in [5, 5.41) is 7.22. The first-order valence-corrected chi connectivity index (χ1v) is 6.76. The first kappa shape index (κ1) is 14.7. The van der Waals surface area contributed by atoms with Crippen molar-refractivity contribution in [1.82, 2.24) is 24.7 Å². The van der Waals surface area contributed by atoms with Gasteiger partial charge in [0.25, 0.3) is 5.95 Å². The maximum absolute atomic E-state index is 5.87. The third-order valence-electron chi connectivity index (χ3n) is 2.29. The normalized spacial score (nSPS) is 11.0. The summed E-state index contributed by atoms with van der Waals surface area (Å²) in [7, 11) is 0. The van der Waals surface area contributed by atoms with E-state index < -0.39 is 0 Å². The molecule has 0 aliphatic rings. The van der Waals surface area contributed by atoms with Crippen molar-refractivity contribution in [3.63, 3.8) is 0 Å². The molecule has 2 aromatic rings. The molecule has 2 aromatic heterocycles. The molecule has 0 bridgehead atoms. The largest absolute Gasteiger partial charge is 0.379 e. The van der Waals surface area contributed by atoms with Crippen molar-refractivity contribution in [3.8, 4) is 5.95 Å². The second-order valence-corrected chi connectivity index (χ2v) is 4.91. The molecule has 2 heterocycles. The molecule has 0 atom stereocenters. The Bertz CT molecular complexity index is 531. The molecule has 0 aromatic carbocycles. The number of hydrogen-bond acceptors (Lipinski definition) is 6. The topological polar surface area (TPSA) is 77.8 Å². The van der Waals surface area contributed by atoms with Crippen LogP contribution in [0.15, 0.2) is 18.5 Å². The van der Waals surface area contributed by atoms with Crippen LogP contribution in [0.4, 0.5) is 5.95 Å². The monoisotopic (exact) mass is 296 g/mol. The Balaban J connectivity index is 1.92. The zero-order valence-electron chi connectivity index (χ0n) is 11.5. The molecule has 0 aliphatic heterocycles. The van der Waals surface area contributed by atoms with Gasteiger partial charge in [-0.05, 0) is 23.6 Å². The summed E-state index contributed by atoms with van der Waals surface area (Å²) in [5.74, 6) is 1.30. The van der Waals surface area contributed by atoms with E-state index in [1.807, 2.05) is 0 Å². The van der Waals surface area contributed by atoms with Gasteiger partial charge in [-0.2, -0.15) is 20.1 Å². The van der Waals surface area contributed by atoms with Crippen LogP contribution in [-0.2, 0) is 4.74 Å². The Labute approximate surface area is 122 Å². The zero-order valence-corrected chi connectivity index (χ0v) is 12.2. The highest BCUT2D eigenvalue weighted by Gasteiger charge is 2.06. The van der Waals surface area contributed by atoms with E-state index in [-0.39, 0.29) is 5.28 Å². The molecule has 7 nitrogen and oxygen atoms in total. The fourth-order valence-electron chi connectivity index (χ4n) is 1.46. The summed E-state index contributed by atoms with van der Waals surface area (Å²) < 4.78 is 6.99. The fraction of sp³-hybridized carbons (Fsp3) is 0.500. The highest BCUT2D eigenvalue weighted by molar-refractivity contribution is 6.28. The molecule has 2 rings (SSSR count). The molecule has 0 radical (unpaired) electrons. The lowest BCUT2D eigenvalue weighted by molar-refractivity contribution is 0.118. The van der Waals surface area contributed by atoms with E-state index in [2.05, 4.69) is 39.2 Å². The van der Waals surface area contributed by atoms with Crippen LogP contribution in [0.1, 0.15) is 13.8 Å². The van der Waals surface area contributed by atoms with Crippen molar-refractivity contribution >= 4 is 17.5 Å². The van der Waals surface area contributed by atoms with E-state index >= 15 is 0 Å². The second kappa shape index (κ2) is 7.16. The van der Waals surface area contributed by atoms with Gasteiger partial charge in [0.05, 0.1) is 6.61 Å². The Morgan fingerprint density at radius 3 is 2.90 bits per heavy atom. The number of aromatic nitrogens is 5. The number of ether oxygens (including phenoxy) is 1. The molecule has 8 heteroatoms. The van der Waals surface area contributed by atoms with Crippen LogP contribution in [0.3, 0.4) is 0 Å². The number of halogens is 1. The van der Waals surface area contributed by atoms with Crippen molar-refractivity contribution in [3.05, 3.63) is 23.7 Å². The van der Waals surface area contributed by atoms with Crippen LogP contribution in [0, 0.1) is 5.92 Å². The maximum atomic E-state index is 5.87. The molecule has 20 heavy (non-hydrogen) atoms. The van der Waals surface area contributed by atoms with E-state index in [9.17, 15) is 0 Å². The first-order valence-electron chi connectivity index (χ1n) is 6.38. The maximum Gasteiger partial charge on any atom is 0.256 e. The molecule has 0 spiro atoms. The fourth-order valence-corrected chi connectivity index (χ4v) is 1.62. The van der Waals surface area contributed by atoms with Gasteiger partial charge in [-0.25, -0.2) is 4.68 Å². The highest BCUT2D eigenvalue weighted by Crippen LogP contribution is 2.08. The Morgan fingerprint density at radius 1 is 1.35 bits per heavy atom. The summed E-state index contributed by atoms with van der Waals surface area (Å²) in [6.45, 7) is 6.13. The standard InChI is InChI=1S/C12H17ClN6O/c1-9(2)8-20-7-5-14-11-16-10(13)17-12(18-11)19-6-3-4-15-19/h3-4,6,9H,5,7-8H2,1-2H3,(H,14,16,17,18). The lowest BCUT2D eigenvalue weighted by Gasteiger charge is -2.08. The van der Waals surface area contributed by atoms with Gasteiger partial charge >= 0.3 is 0 Å². The van der Waals surface area contributed by atoms with Crippen molar-refractivity contribution < 1.29 is 4.74 Å². The molecular weight excluding hydrogens is 280 g/mol. The van der Waals surface area contributed by atoms with Gasteiger partial charge in [0.15, 0.2) is 0 Å². The van der Waals surface area contributed by atoms with Gasteiger partial charge < -0.3 is 10.1 Å². The number of nitrogens with one attached hydrogen (secondary N) is 1. The van der Waals surface area contributed by atoms with E-state index in [1.165, 1.54) is 4.68 Å². The Kier molecular flexibility index (Phi) is 5.25. The number of hydrogen-bond donors (Lipinski definition) is 1. The van der Waals surface area contributed by atoms with E-state index in [0.29, 0.717) is 31.0 Å². The molecule has 0 saturated carbocycles. The quantitative estimate of drug-likeness (QED) is 0.785. The minimum absolute atomic E-state index is 0.121. The average Bonchev–Trinajstić information content (AvgIpc) is 2.91. The summed E-state index contributed by atoms with van der Waals surface area (Å²) >= 11 is 5.87. The molecule has 108 valence electrons. The third-order valence-corrected chi connectivity index (χ3v) is 2.46. The number of anilines is 1. The second-order valence-electron chi connectivity index (χ2n) is 4.57. The van der Waals surface area contributed by atoms with Crippen molar-refractivity contribution in [1.29, 1.82) is 0 Å². The molecular formula is C12H17ClN6O. The van der Waals surface area contributed by atoms with Crippen molar-refractivity contribution in [2.75, 3.05) is 25.1 Å². The van der Waals surface area contributed by atoms with Gasteiger partial charge in [-0.1, -0.05) is 13.8 Å². The molecule has 1 N–H and O–H groups in total. The number of nitrogens with zero attached hydrogens (tertiary/aromatic N) is 5. The molecule has 0 aliphatic carbocycles. The van der Waals surface area contributed by atoms with Crippen LogP contribution >= 0.6 is 11.6 Å². The molecule has 0 saturated heterocycles. The lowest BCUT2D eigenvalue weighted by Crippen LogP contribution is -2.15. The van der Waals surface area contributed by atoms with Gasteiger partial charge in [0.1, 0.15) is 0 Å². The first-order chi connectivity index (χ1) is 9.65. The predicted octanol–water partition coefficient (Wildman–Crippen LogP) is 1.80. The lowest BCUT2D eigenvalue weighted by atomic mass is 10.2. The summed E-state index contributed by atoms with van der Waals surface area (Å²) in [5.41, 5.74) is 0. The van der Waals surface area contributed by atoms with Gasteiger partial charge in [-0.15, -0.1) is 0 Å². The predicted molar refractivity (Wildman–Crippen MR) is 76.1 cm³/mol. The van der Waals surface area contributed by atoms with Gasteiger partial charge in [0, 0.05) is 25.5 Å².